The molecule has 1 N–H and O–H groups in total. The van der Waals surface area contributed by atoms with E-state index < -0.39 is 0 Å². The minimum atomic E-state index is 0.697. The highest BCUT2D eigenvalue weighted by Crippen LogP contribution is 2.25. The Hall–Kier alpha value is -3.73. The van der Waals surface area contributed by atoms with Crippen LogP contribution in [0.4, 0.5) is 11.5 Å². The molecule has 0 atom stereocenters. The second-order valence-corrected chi connectivity index (χ2v) is 5.99. The first-order valence-electron chi connectivity index (χ1n) is 8.62. The van der Waals surface area contributed by atoms with Gasteiger partial charge in [0.25, 0.3) is 0 Å². The topological polar surface area (TPSA) is 59.9 Å². The van der Waals surface area contributed by atoms with E-state index in [2.05, 4.69) is 20.3 Å². The molecule has 27 heavy (non-hydrogen) atoms. The summed E-state index contributed by atoms with van der Waals surface area (Å²) in [6.45, 7) is 1.88. The quantitative estimate of drug-likeness (QED) is 0.521. The van der Waals surface area contributed by atoms with E-state index in [1.54, 1.807) is 12.4 Å². The van der Waals surface area contributed by atoms with Crippen LogP contribution >= 0.6 is 0 Å². The summed E-state index contributed by atoms with van der Waals surface area (Å²) in [6, 6.07) is 23.3. The van der Waals surface area contributed by atoms with Crippen LogP contribution in [0.2, 0.25) is 0 Å². The molecule has 0 amide bonds. The van der Waals surface area contributed by atoms with Crippen LogP contribution in [0.1, 0.15) is 5.82 Å². The number of ether oxygens (including phenoxy) is 1. The number of rotatable bonds is 5. The lowest BCUT2D eigenvalue weighted by Gasteiger charge is -2.10. The second kappa shape index (κ2) is 7.66. The third kappa shape index (κ3) is 4.27. The third-order valence-corrected chi connectivity index (χ3v) is 3.90. The molecule has 0 aliphatic rings. The van der Waals surface area contributed by atoms with Crippen LogP contribution in [-0.4, -0.2) is 15.0 Å². The molecule has 4 aromatic rings. The Labute approximate surface area is 157 Å². The van der Waals surface area contributed by atoms with E-state index in [9.17, 15) is 0 Å². The summed E-state index contributed by atoms with van der Waals surface area (Å²) in [5.41, 5.74) is 2.71. The van der Waals surface area contributed by atoms with Gasteiger partial charge in [-0.25, -0.2) is 9.97 Å². The van der Waals surface area contributed by atoms with Crippen LogP contribution in [0.3, 0.4) is 0 Å². The Morgan fingerprint density at radius 1 is 0.815 bits per heavy atom. The van der Waals surface area contributed by atoms with Crippen molar-refractivity contribution in [1.29, 1.82) is 0 Å². The molecule has 0 radical (unpaired) electrons. The lowest BCUT2D eigenvalue weighted by atomic mass is 10.2. The van der Waals surface area contributed by atoms with Gasteiger partial charge in [0.1, 0.15) is 23.1 Å². The van der Waals surface area contributed by atoms with Gasteiger partial charge in [-0.05, 0) is 55.5 Å². The Bertz CT molecular complexity index is 1020. The average molecular weight is 354 g/mol. The summed E-state index contributed by atoms with van der Waals surface area (Å²) in [4.78, 5) is 13.1. The molecule has 5 heteroatoms. The first-order chi connectivity index (χ1) is 13.3. The van der Waals surface area contributed by atoms with Crippen LogP contribution in [0.5, 0.6) is 11.5 Å². The van der Waals surface area contributed by atoms with Crippen LogP contribution < -0.4 is 10.1 Å². The van der Waals surface area contributed by atoms with E-state index >= 15 is 0 Å². The van der Waals surface area contributed by atoms with Gasteiger partial charge in [-0.1, -0.05) is 18.2 Å². The smallest absolute Gasteiger partial charge is 0.134 e. The molecule has 0 aliphatic heterocycles. The molecule has 0 aliphatic carbocycles. The monoisotopic (exact) mass is 354 g/mol. The van der Waals surface area contributed by atoms with Crippen molar-refractivity contribution in [3.63, 3.8) is 0 Å². The number of nitrogens with one attached hydrogen (secondary N) is 1. The zero-order chi connectivity index (χ0) is 18.5. The van der Waals surface area contributed by atoms with Crippen molar-refractivity contribution < 1.29 is 4.74 Å². The van der Waals surface area contributed by atoms with Crippen LogP contribution in [-0.2, 0) is 0 Å². The van der Waals surface area contributed by atoms with Gasteiger partial charge in [0.05, 0.1) is 5.69 Å². The standard InChI is InChI=1S/C22H18N4O/c1-16-24-21(17-6-5-13-23-15-17)14-22(25-16)26-18-9-11-20(12-10-18)27-19-7-3-2-4-8-19/h2-15H,1H3,(H,24,25,26). The minimum Gasteiger partial charge on any atom is -0.457 e. The highest BCUT2D eigenvalue weighted by Gasteiger charge is 2.05. The Balaban J connectivity index is 1.51. The molecular formula is C22H18N4O. The molecule has 0 saturated heterocycles. The van der Waals surface area contributed by atoms with E-state index in [1.807, 2.05) is 79.7 Å². The molecule has 2 aromatic heterocycles. The Morgan fingerprint density at radius 3 is 2.33 bits per heavy atom. The van der Waals surface area contributed by atoms with Crippen molar-refractivity contribution in [3.05, 3.63) is 91.0 Å². The number of pyridine rings is 1. The van der Waals surface area contributed by atoms with Gasteiger partial charge in [0.15, 0.2) is 0 Å². The largest absolute Gasteiger partial charge is 0.457 e. The number of hydrogen-bond acceptors (Lipinski definition) is 5. The normalized spacial score (nSPS) is 10.4. The van der Waals surface area contributed by atoms with Gasteiger partial charge in [-0.15, -0.1) is 0 Å². The lowest BCUT2D eigenvalue weighted by Crippen LogP contribution is -1.99. The van der Waals surface area contributed by atoms with Crippen molar-refractivity contribution in [2.45, 2.75) is 6.92 Å². The second-order valence-electron chi connectivity index (χ2n) is 5.99. The summed E-state index contributed by atoms with van der Waals surface area (Å²) in [5.74, 6) is 3.02. The van der Waals surface area contributed by atoms with E-state index in [1.165, 1.54) is 0 Å². The number of para-hydroxylation sites is 1. The van der Waals surface area contributed by atoms with E-state index in [4.69, 9.17) is 4.74 Å². The number of hydrogen-bond donors (Lipinski definition) is 1. The molecular weight excluding hydrogens is 336 g/mol. The van der Waals surface area contributed by atoms with Gasteiger partial charge in [-0.2, -0.15) is 0 Å². The van der Waals surface area contributed by atoms with Crippen LogP contribution in [0.25, 0.3) is 11.3 Å². The van der Waals surface area contributed by atoms with Gasteiger partial charge in [0, 0.05) is 29.7 Å². The Kier molecular flexibility index (Phi) is 4.74. The van der Waals surface area contributed by atoms with Crippen molar-refractivity contribution >= 4 is 11.5 Å². The van der Waals surface area contributed by atoms with Crippen LogP contribution in [0.15, 0.2) is 85.2 Å². The summed E-state index contributed by atoms with van der Waals surface area (Å²) >= 11 is 0. The SMILES string of the molecule is Cc1nc(Nc2ccc(Oc3ccccc3)cc2)cc(-c2cccnc2)n1. The predicted molar refractivity (Wildman–Crippen MR) is 106 cm³/mol. The zero-order valence-corrected chi connectivity index (χ0v) is 14.8. The molecule has 132 valence electrons. The maximum atomic E-state index is 5.82. The molecule has 2 heterocycles. The summed E-state index contributed by atoms with van der Waals surface area (Å²) in [5, 5.41) is 3.32. The lowest BCUT2D eigenvalue weighted by molar-refractivity contribution is 0.483. The van der Waals surface area contributed by atoms with E-state index in [-0.39, 0.29) is 0 Å². The van der Waals surface area contributed by atoms with Gasteiger partial charge in [0.2, 0.25) is 0 Å². The summed E-state index contributed by atoms with van der Waals surface area (Å²) < 4.78 is 5.82. The Morgan fingerprint density at radius 2 is 1.59 bits per heavy atom. The fourth-order valence-electron chi connectivity index (χ4n) is 2.67. The fourth-order valence-corrected chi connectivity index (χ4v) is 2.67. The van der Waals surface area contributed by atoms with Gasteiger partial charge < -0.3 is 10.1 Å². The summed E-state index contributed by atoms with van der Waals surface area (Å²) in [7, 11) is 0. The minimum absolute atomic E-state index is 0.697. The van der Waals surface area contributed by atoms with E-state index in [0.717, 1.165) is 34.3 Å². The molecule has 0 saturated carbocycles. The summed E-state index contributed by atoms with van der Waals surface area (Å²) in [6.07, 6.45) is 3.54. The number of anilines is 2. The average Bonchev–Trinajstić information content (AvgIpc) is 2.71. The maximum absolute atomic E-state index is 5.82. The molecule has 5 nitrogen and oxygen atoms in total. The predicted octanol–water partition coefficient (Wildman–Crippen LogP) is 5.38. The number of aromatic nitrogens is 3. The van der Waals surface area contributed by atoms with Crippen molar-refractivity contribution in [2.75, 3.05) is 5.32 Å². The molecule has 4 rings (SSSR count). The van der Waals surface area contributed by atoms with Crippen molar-refractivity contribution in [2.24, 2.45) is 0 Å². The van der Waals surface area contributed by atoms with Crippen molar-refractivity contribution in [1.82, 2.24) is 15.0 Å². The highest BCUT2D eigenvalue weighted by atomic mass is 16.5. The van der Waals surface area contributed by atoms with E-state index in [0.29, 0.717) is 5.82 Å². The zero-order valence-electron chi connectivity index (χ0n) is 14.8. The molecule has 0 bridgehead atoms. The van der Waals surface area contributed by atoms with Gasteiger partial charge >= 0.3 is 0 Å². The molecule has 2 aromatic carbocycles. The van der Waals surface area contributed by atoms with Crippen LogP contribution in [0, 0.1) is 6.92 Å². The molecule has 0 spiro atoms. The number of benzene rings is 2. The van der Waals surface area contributed by atoms with Crippen molar-refractivity contribution in [3.8, 4) is 22.8 Å². The fraction of sp³-hybridized carbons (Fsp3) is 0.0455. The number of nitrogens with zero attached hydrogens (tertiary/aromatic N) is 3. The first kappa shape index (κ1) is 16.7. The molecule has 0 fully saturated rings. The molecule has 0 unspecified atom stereocenters. The highest BCUT2D eigenvalue weighted by molar-refractivity contribution is 5.65. The third-order valence-electron chi connectivity index (χ3n) is 3.90. The number of aryl methyl sites for hydroxylation is 1. The first-order valence-corrected chi connectivity index (χ1v) is 8.62. The van der Waals surface area contributed by atoms with Gasteiger partial charge in [-0.3, -0.25) is 4.98 Å². The maximum Gasteiger partial charge on any atom is 0.134 e.